The molecule has 1 aliphatic carbocycles. The minimum absolute atomic E-state index is 0. The van der Waals surface area contributed by atoms with Gasteiger partial charge in [0.15, 0.2) is 5.96 Å². The number of rotatable bonds is 8. The number of aromatic nitrogens is 1. The Morgan fingerprint density at radius 1 is 1.46 bits per heavy atom. The lowest BCUT2D eigenvalue weighted by atomic mass is 9.97. The molecule has 0 amide bonds. The highest BCUT2D eigenvalue weighted by Crippen LogP contribution is 2.21. The molecule has 7 heteroatoms. The molecule has 2 rings (SSSR count). The molecule has 1 aliphatic rings. The summed E-state index contributed by atoms with van der Waals surface area (Å²) in [6.45, 7) is 6.60. The number of guanidine groups is 1. The van der Waals surface area contributed by atoms with Gasteiger partial charge < -0.3 is 15.0 Å². The van der Waals surface area contributed by atoms with Crippen molar-refractivity contribution >= 4 is 41.3 Å². The minimum atomic E-state index is 0. The summed E-state index contributed by atoms with van der Waals surface area (Å²) in [6.07, 6.45) is 8.71. The average Bonchev–Trinajstić information content (AvgIpc) is 3.09. The average molecular weight is 492 g/mol. The molecule has 0 saturated heterocycles. The van der Waals surface area contributed by atoms with Gasteiger partial charge in [-0.15, -0.1) is 35.3 Å². The van der Waals surface area contributed by atoms with Gasteiger partial charge in [0, 0.05) is 32.6 Å². The van der Waals surface area contributed by atoms with Crippen molar-refractivity contribution in [2.75, 3.05) is 27.2 Å². The highest BCUT2D eigenvalue weighted by Gasteiger charge is 2.12. The smallest absolute Gasteiger partial charge is 0.194 e. The number of allylic oxidation sites excluding steroid dienone is 1. The van der Waals surface area contributed by atoms with Gasteiger partial charge in [0.2, 0.25) is 0 Å². The van der Waals surface area contributed by atoms with Crippen LogP contribution in [0, 0.1) is 0 Å². The predicted molar refractivity (Wildman–Crippen MR) is 122 cm³/mol. The number of ether oxygens (including phenoxy) is 1. The SMILES string of the molecule is CCNC(=NCCC1=CCCCC1)N(C)Cc1csc(C(C)OC)n1.I. The molecule has 0 aliphatic heterocycles. The molecule has 1 atom stereocenters. The molecular weight excluding hydrogens is 459 g/mol. The summed E-state index contributed by atoms with van der Waals surface area (Å²) in [4.78, 5) is 11.6. The number of hydrogen-bond acceptors (Lipinski definition) is 4. The van der Waals surface area contributed by atoms with Crippen molar-refractivity contribution < 1.29 is 4.74 Å². The van der Waals surface area contributed by atoms with E-state index in [4.69, 9.17) is 9.73 Å². The second-order valence-electron chi connectivity index (χ2n) is 6.50. The number of hydrogen-bond donors (Lipinski definition) is 1. The summed E-state index contributed by atoms with van der Waals surface area (Å²) in [6, 6.07) is 0. The van der Waals surface area contributed by atoms with Crippen LogP contribution in [-0.4, -0.2) is 43.1 Å². The molecule has 1 aromatic rings. The minimum Gasteiger partial charge on any atom is -0.375 e. The topological polar surface area (TPSA) is 49.8 Å². The van der Waals surface area contributed by atoms with Crippen molar-refractivity contribution in [3.63, 3.8) is 0 Å². The van der Waals surface area contributed by atoms with E-state index in [0.717, 1.165) is 42.7 Å². The van der Waals surface area contributed by atoms with Crippen LogP contribution in [0.15, 0.2) is 22.0 Å². The lowest BCUT2D eigenvalue weighted by Gasteiger charge is -2.21. The summed E-state index contributed by atoms with van der Waals surface area (Å²) in [7, 11) is 3.79. The number of halogens is 1. The molecule has 1 aromatic heterocycles. The van der Waals surface area contributed by atoms with Crippen LogP contribution in [0.1, 0.15) is 62.8 Å². The van der Waals surface area contributed by atoms with E-state index in [1.807, 2.05) is 6.92 Å². The fraction of sp³-hybridized carbons (Fsp3) is 0.684. The van der Waals surface area contributed by atoms with Gasteiger partial charge in [0.25, 0.3) is 0 Å². The van der Waals surface area contributed by atoms with Crippen LogP contribution in [0.2, 0.25) is 0 Å². The largest absolute Gasteiger partial charge is 0.375 e. The highest BCUT2D eigenvalue weighted by atomic mass is 127. The van der Waals surface area contributed by atoms with E-state index in [1.54, 1.807) is 24.0 Å². The summed E-state index contributed by atoms with van der Waals surface area (Å²) in [5, 5.41) is 6.52. The van der Waals surface area contributed by atoms with Gasteiger partial charge in [-0.1, -0.05) is 11.6 Å². The molecule has 1 unspecified atom stereocenters. The normalized spacial score (nSPS) is 15.8. The fourth-order valence-electron chi connectivity index (χ4n) is 2.91. The van der Waals surface area contributed by atoms with Gasteiger partial charge in [-0.2, -0.15) is 0 Å². The molecule has 0 saturated carbocycles. The molecule has 148 valence electrons. The van der Waals surface area contributed by atoms with Crippen molar-refractivity contribution in [3.05, 3.63) is 27.7 Å². The van der Waals surface area contributed by atoms with Gasteiger partial charge in [-0.3, -0.25) is 4.99 Å². The Morgan fingerprint density at radius 2 is 2.27 bits per heavy atom. The Bertz CT molecular complexity index is 588. The van der Waals surface area contributed by atoms with Crippen molar-refractivity contribution in [2.45, 2.75) is 58.6 Å². The Labute approximate surface area is 179 Å². The molecular formula is C19H33IN4OS. The fourth-order valence-corrected chi connectivity index (χ4v) is 3.75. The van der Waals surface area contributed by atoms with E-state index in [2.05, 4.69) is 40.6 Å². The first-order chi connectivity index (χ1) is 12.1. The van der Waals surface area contributed by atoms with Crippen LogP contribution >= 0.6 is 35.3 Å². The van der Waals surface area contributed by atoms with Crippen LogP contribution in [0.25, 0.3) is 0 Å². The monoisotopic (exact) mass is 492 g/mol. The van der Waals surface area contributed by atoms with Crippen molar-refractivity contribution in [1.82, 2.24) is 15.2 Å². The number of nitrogens with zero attached hydrogens (tertiary/aromatic N) is 3. The first kappa shape index (κ1) is 23.4. The van der Waals surface area contributed by atoms with E-state index in [1.165, 1.54) is 25.7 Å². The number of thiazole rings is 1. The number of methoxy groups -OCH3 is 1. The third-order valence-electron chi connectivity index (χ3n) is 4.45. The zero-order valence-corrected chi connectivity index (χ0v) is 19.6. The van der Waals surface area contributed by atoms with E-state index >= 15 is 0 Å². The zero-order chi connectivity index (χ0) is 18.1. The Hall–Kier alpha value is -0.670. The third kappa shape index (κ3) is 7.52. The first-order valence-corrected chi connectivity index (χ1v) is 10.2. The van der Waals surface area contributed by atoms with Crippen LogP contribution in [-0.2, 0) is 11.3 Å². The van der Waals surface area contributed by atoms with Crippen molar-refractivity contribution in [2.24, 2.45) is 4.99 Å². The first-order valence-electron chi connectivity index (χ1n) is 9.28. The van der Waals surface area contributed by atoms with E-state index in [-0.39, 0.29) is 30.1 Å². The molecule has 0 aromatic carbocycles. The van der Waals surface area contributed by atoms with Crippen molar-refractivity contribution in [3.8, 4) is 0 Å². The summed E-state index contributed by atoms with van der Waals surface area (Å²) in [5.74, 6) is 0.952. The molecule has 0 radical (unpaired) electrons. The van der Waals surface area contributed by atoms with Gasteiger partial charge in [0.05, 0.1) is 12.2 Å². The van der Waals surface area contributed by atoms with Gasteiger partial charge in [0.1, 0.15) is 11.1 Å². The number of aliphatic imine (C=N–C) groups is 1. The predicted octanol–water partition coefficient (Wildman–Crippen LogP) is 4.76. The number of nitrogens with one attached hydrogen (secondary N) is 1. The van der Waals surface area contributed by atoms with Crippen LogP contribution in [0.4, 0.5) is 0 Å². The maximum absolute atomic E-state index is 5.34. The molecule has 0 fully saturated rings. The van der Waals surface area contributed by atoms with Crippen molar-refractivity contribution in [1.29, 1.82) is 0 Å². The van der Waals surface area contributed by atoms with E-state index in [9.17, 15) is 0 Å². The quantitative estimate of drug-likeness (QED) is 0.246. The lowest BCUT2D eigenvalue weighted by Crippen LogP contribution is -2.38. The second-order valence-corrected chi connectivity index (χ2v) is 7.39. The summed E-state index contributed by atoms with van der Waals surface area (Å²) >= 11 is 1.66. The zero-order valence-electron chi connectivity index (χ0n) is 16.5. The highest BCUT2D eigenvalue weighted by molar-refractivity contribution is 14.0. The summed E-state index contributed by atoms with van der Waals surface area (Å²) < 4.78 is 5.34. The van der Waals surface area contributed by atoms with Crippen LogP contribution in [0.5, 0.6) is 0 Å². The van der Waals surface area contributed by atoms with E-state index in [0.29, 0.717) is 0 Å². The Kier molecular flexibility index (Phi) is 11.4. The van der Waals surface area contributed by atoms with Crippen LogP contribution < -0.4 is 5.32 Å². The second kappa shape index (κ2) is 12.7. The standard InChI is InChI=1S/C19H32N4OS.HI/c1-5-20-19(21-12-11-16-9-7-6-8-10-16)23(3)13-17-14-25-18(22-17)15(2)24-4;/h9,14-15H,5-8,10-13H2,1-4H3,(H,20,21);1H. The van der Waals surface area contributed by atoms with Crippen LogP contribution in [0.3, 0.4) is 0 Å². The molecule has 26 heavy (non-hydrogen) atoms. The van der Waals surface area contributed by atoms with Gasteiger partial charge in [-0.05, 0) is 46.0 Å². The van der Waals surface area contributed by atoms with Gasteiger partial charge >= 0.3 is 0 Å². The summed E-state index contributed by atoms with van der Waals surface area (Å²) in [5.41, 5.74) is 2.64. The van der Waals surface area contributed by atoms with Gasteiger partial charge in [-0.25, -0.2) is 4.98 Å². The molecule has 1 N–H and O–H groups in total. The maximum Gasteiger partial charge on any atom is 0.194 e. The molecule has 0 bridgehead atoms. The maximum atomic E-state index is 5.34. The third-order valence-corrected chi connectivity index (χ3v) is 5.50. The molecule has 1 heterocycles. The van der Waals surface area contributed by atoms with E-state index < -0.39 is 0 Å². The Morgan fingerprint density at radius 3 is 2.92 bits per heavy atom. The molecule has 5 nitrogen and oxygen atoms in total. The molecule has 0 spiro atoms. The Balaban J connectivity index is 0.00000338. The lowest BCUT2D eigenvalue weighted by molar-refractivity contribution is 0.119.